The zero-order valence-corrected chi connectivity index (χ0v) is 14.1. The lowest BCUT2D eigenvalue weighted by Crippen LogP contribution is -2.31. The second kappa shape index (κ2) is 6.62. The minimum Gasteiger partial charge on any atom is -0.445 e. The molecule has 1 amide bonds. The predicted molar refractivity (Wildman–Crippen MR) is 88.3 cm³/mol. The topological polar surface area (TPSA) is 47.4 Å². The molecule has 1 aliphatic rings. The first-order chi connectivity index (χ1) is 11.1. The molecule has 1 saturated heterocycles. The summed E-state index contributed by atoms with van der Waals surface area (Å²) in [7, 11) is 1.81. The summed E-state index contributed by atoms with van der Waals surface area (Å²) in [5, 5.41) is 4.94. The van der Waals surface area contributed by atoms with E-state index in [0.717, 1.165) is 29.7 Å². The zero-order valence-electron chi connectivity index (χ0n) is 13.3. The van der Waals surface area contributed by atoms with Gasteiger partial charge >= 0.3 is 6.09 Å². The molecule has 2 heterocycles. The summed E-state index contributed by atoms with van der Waals surface area (Å²) >= 11 is 6.36. The highest BCUT2D eigenvalue weighted by Gasteiger charge is 2.35. The van der Waals surface area contributed by atoms with Gasteiger partial charge in [-0.05, 0) is 25.3 Å². The third-order valence-corrected chi connectivity index (χ3v) is 4.67. The summed E-state index contributed by atoms with van der Waals surface area (Å²) in [6.45, 7) is 2.89. The van der Waals surface area contributed by atoms with E-state index in [4.69, 9.17) is 16.3 Å². The average molecular weight is 334 g/mol. The molecule has 122 valence electrons. The van der Waals surface area contributed by atoms with E-state index in [2.05, 4.69) is 5.10 Å². The molecule has 6 heteroatoms. The smallest absolute Gasteiger partial charge is 0.410 e. The molecule has 0 spiro atoms. The number of hydrogen-bond donors (Lipinski definition) is 0. The molecule has 3 rings (SSSR count). The number of aromatic nitrogens is 2. The first-order valence-electron chi connectivity index (χ1n) is 7.74. The van der Waals surface area contributed by atoms with Gasteiger partial charge in [-0.2, -0.15) is 5.10 Å². The van der Waals surface area contributed by atoms with Crippen molar-refractivity contribution in [3.8, 4) is 0 Å². The Morgan fingerprint density at radius 1 is 1.39 bits per heavy atom. The number of likely N-dealkylation sites (tertiary alicyclic amines) is 1. The Balaban J connectivity index is 1.72. The van der Waals surface area contributed by atoms with E-state index >= 15 is 0 Å². The summed E-state index contributed by atoms with van der Waals surface area (Å²) in [5.41, 5.74) is 2.78. The van der Waals surface area contributed by atoms with Crippen LogP contribution in [0.5, 0.6) is 0 Å². The molecule has 5 nitrogen and oxygen atoms in total. The van der Waals surface area contributed by atoms with Crippen molar-refractivity contribution in [3.63, 3.8) is 0 Å². The highest BCUT2D eigenvalue weighted by molar-refractivity contribution is 6.30. The number of benzene rings is 1. The molecule has 1 aromatic carbocycles. The molecule has 1 fully saturated rings. The van der Waals surface area contributed by atoms with Gasteiger partial charge in [-0.25, -0.2) is 4.79 Å². The molecule has 1 aliphatic heterocycles. The number of hydrogen-bond acceptors (Lipinski definition) is 3. The van der Waals surface area contributed by atoms with Crippen LogP contribution in [0.4, 0.5) is 4.79 Å². The van der Waals surface area contributed by atoms with Gasteiger partial charge in [0, 0.05) is 19.2 Å². The Labute approximate surface area is 140 Å². The monoisotopic (exact) mass is 333 g/mol. The quantitative estimate of drug-likeness (QED) is 0.857. The van der Waals surface area contributed by atoms with Crippen molar-refractivity contribution in [3.05, 3.63) is 52.3 Å². The Kier molecular flexibility index (Phi) is 4.57. The van der Waals surface area contributed by atoms with Gasteiger partial charge in [-0.15, -0.1) is 0 Å². The maximum Gasteiger partial charge on any atom is 0.410 e. The van der Waals surface area contributed by atoms with Crippen LogP contribution in [0.1, 0.15) is 35.7 Å². The molecule has 0 saturated carbocycles. The molecule has 2 aromatic rings. The van der Waals surface area contributed by atoms with E-state index in [0.29, 0.717) is 11.7 Å². The van der Waals surface area contributed by atoms with Crippen LogP contribution in [0, 0.1) is 6.92 Å². The van der Waals surface area contributed by atoms with Gasteiger partial charge in [0.05, 0.1) is 11.7 Å². The molecular weight excluding hydrogens is 314 g/mol. The van der Waals surface area contributed by atoms with Gasteiger partial charge < -0.3 is 9.64 Å². The number of rotatable bonds is 3. The summed E-state index contributed by atoms with van der Waals surface area (Å²) in [4.78, 5) is 14.2. The summed E-state index contributed by atoms with van der Waals surface area (Å²) in [5.74, 6) is 0. The fraction of sp³-hybridized carbons (Fsp3) is 0.412. The van der Waals surface area contributed by atoms with E-state index in [9.17, 15) is 4.79 Å². The van der Waals surface area contributed by atoms with E-state index in [-0.39, 0.29) is 18.7 Å². The molecule has 23 heavy (non-hydrogen) atoms. The SMILES string of the molecule is Cc1nn(C)c(Cl)c1C1CCCN1C(=O)OCc1ccccc1. The van der Waals surface area contributed by atoms with Crippen molar-refractivity contribution in [2.75, 3.05) is 6.54 Å². The lowest BCUT2D eigenvalue weighted by atomic mass is 10.1. The minimum atomic E-state index is -0.296. The number of ether oxygens (including phenoxy) is 1. The number of carbonyl (C=O) groups excluding carboxylic acids is 1. The van der Waals surface area contributed by atoms with Crippen LogP contribution in [-0.4, -0.2) is 27.3 Å². The van der Waals surface area contributed by atoms with Crippen LogP contribution in [-0.2, 0) is 18.4 Å². The third kappa shape index (κ3) is 3.20. The maximum atomic E-state index is 12.5. The van der Waals surface area contributed by atoms with E-state index in [1.165, 1.54) is 0 Å². The second-order valence-corrected chi connectivity index (χ2v) is 6.16. The average Bonchev–Trinajstić information content (AvgIpc) is 3.11. The number of carbonyl (C=O) groups is 1. The first kappa shape index (κ1) is 15.9. The fourth-order valence-electron chi connectivity index (χ4n) is 3.11. The number of nitrogens with zero attached hydrogens (tertiary/aromatic N) is 3. The largest absolute Gasteiger partial charge is 0.445 e. The van der Waals surface area contributed by atoms with E-state index in [1.54, 1.807) is 9.58 Å². The van der Waals surface area contributed by atoms with Gasteiger partial charge in [-0.3, -0.25) is 4.68 Å². The van der Waals surface area contributed by atoms with Crippen molar-refractivity contribution in [2.24, 2.45) is 7.05 Å². The molecule has 1 aromatic heterocycles. The van der Waals surface area contributed by atoms with Crippen LogP contribution in [0.3, 0.4) is 0 Å². The Bertz CT molecular complexity index is 699. The lowest BCUT2D eigenvalue weighted by molar-refractivity contribution is 0.0920. The molecule has 1 unspecified atom stereocenters. The second-order valence-electron chi connectivity index (χ2n) is 5.81. The van der Waals surface area contributed by atoms with Crippen LogP contribution < -0.4 is 0 Å². The Hall–Kier alpha value is -2.01. The number of aryl methyl sites for hydroxylation is 2. The normalized spacial score (nSPS) is 17.5. The van der Waals surface area contributed by atoms with E-state index < -0.39 is 0 Å². The van der Waals surface area contributed by atoms with Crippen molar-refractivity contribution in [1.82, 2.24) is 14.7 Å². The fourth-order valence-corrected chi connectivity index (χ4v) is 3.41. The lowest BCUT2D eigenvalue weighted by Gasteiger charge is -2.24. The maximum absolute atomic E-state index is 12.5. The van der Waals surface area contributed by atoms with Gasteiger partial charge in [0.2, 0.25) is 0 Å². The molecule has 0 aliphatic carbocycles. The standard InChI is InChI=1S/C17H20ClN3O2/c1-12-15(16(18)20(2)19-12)14-9-6-10-21(14)17(22)23-11-13-7-4-3-5-8-13/h3-5,7-8,14H,6,9-11H2,1-2H3. The summed E-state index contributed by atoms with van der Waals surface area (Å²) < 4.78 is 7.12. The molecule has 1 atom stereocenters. The molecule has 0 radical (unpaired) electrons. The van der Waals surface area contributed by atoms with Crippen LogP contribution >= 0.6 is 11.6 Å². The number of amides is 1. The summed E-state index contributed by atoms with van der Waals surface area (Å²) in [6, 6.07) is 9.63. The molecule has 0 bridgehead atoms. The highest BCUT2D eigenvalue weighted by atomic mass is 35.5. The van der Waals surface area contributed by atoms with Crippen molar-refractivity contribution in [2.45, 2.75) is 32.4 Å². The Morgan fingerprint density at radius 3 is 2.78 bits per heavy atom. The highest BCUT2D eigenvalue weighted by Crippen LogP contribution is 2.37. The van der Waals surface area contributed by atoms with Gasteiger partial charge in [0.1, 0.15) is 11.8 Å². The molecule has 0 N–H and O–H groups in total. The Morgan fingerprint density at radius 2 is 2.13 bits per heavy atom. The van der Waals surface area contributed by atoms with Gasteiger partial charge in [0.15, 0.2) is 0 Å². The first-order valence-corrected chi connectivity index (χ1v) is 8.12. The van der Waals surface area contributed by atoms with Crippen LogP contribution in [0.15, 0.2) is 30.3 Å². The van der Waals surface area contributed by atoms with Gasteiger partial charge in [0.25, 0.3) is 0 Å². The van der Waals surface area contributed by atoms with Crippen molar-refractivity contribution >= 4 is 17.7 Å². The number of halogens is 1. The zero-order chi connectivity index (χ0) is 16.4. The van der Waals surface area contributed by atoms with Crippen LogP contribution in [0.25, 0.3) is 0 Å². The van der Waals surface area contributed by atoms with Crippen molar-refractivity contribution < 1.29 is 9.53 Å². The minimum absolute atomic E-state index is 0.0560. The third-order valence-electron chi connectivity index (χ3n) is 4.22. The summed E-state index contributed by atoms with van der Waals surface area (Å²) in [6.07, 6.45) is 1.53. The molecular formula is C17H20ClN3O2. The van der Waals surface area contributed by atoms with Crippen molar-refractivity contribution in [1.29, 1.82) is 0 Å². The van der Waals surface area contributed by atoms with Crippen LogP contribution in [0.2, 0.25) is 5.15 Å². The van der Waals surface area contributed by atoms with Gasteiger partial charge in [-0.1, -0.05) is 41.9 Å². The van der Waals surface area contributed by atoms with E-state index in [1.807, 2.05) is 44.3 Å². The predicted octanol–water partition coefficient (Wildman–Crippen LogP) is 3.86.